The van der Waals surface area contributed by atoms with Gasteiger partial charge < -0.3 is 37.1 Å². The van der Waals surface area contributed by atoms with Gasteiger partial charge in [-0.1, -0.05) is 19.4 Å². The number of ether oxygens (including phenoxy) is 1. The van der Waals surface area contributed by atoms with Crippen LogP contribution in [0.4, 0.5) is 9.59 Å². The number of carbonyl (C=O) groups excluding carboxylic acids is 5. The van der Waals surface area contributed by atoms with Crippen LogP contribution in [0.15, 0.2) is 12.2 Å². The van der Waals surface area contributed by atoms with Crippen molar-refractivity contribution < 1.29 is 28.7 Å². The third-order valence-corrected chi connectivity index (χ3v) is 10.2. The summed E-state index contributed by atoms with van der Waals surface area (Å²) in [5.41, 5.74) is 7.16. The molecule has 0 radical (unpaired) electrons. The van der Waals surface area contributed by atoms with E-state index in [1.165, 1.54) is 0 Å². The third-order valence-electron chi connectivity index (χ3n) is 8.68. The number of hydrogen-bond acceptors (Lipinski definition) is 9. The molecule has 6 unspecified atom stereocenters. The van der Waals surface area contributed by atoms with Gasteiger partial charge in [0.15, 0.2) is 0 Å². The van der Waals surface area contributed by atoms with E-state index in [-0.39, 0.29) is 36.0 Å². The molecule has 2 aliphatic heterocycles. The average molecular weight is 653 g/mol. The highest BCUT2D eigenvalue weighted by Gasteiger charge is 2.42. The Labute approximate surface area is 270 Å². The van der Waals surface area contributed by atoms with Crippen LogP contribution in [0.2, 0.25) is 0 Å². The van der Waals surface area contributed by atoms with Crippen LogP contribution in [-0.4, -0.2) is 84.7 Å². The second-order valence-electron chi connectivity index (χ2n) is 12.4. The van der Waals surface area contributed by atoms with E-state index in [0.29, 0.717) is 76.3 Å². The molecule has 1 aliphatic carbocycles. The number of alkyl carbamates (subject to hydrolysis) is 1. The number of hydrazine groups is 1. The van der Waals surface area contributed by atoms with Crippen molar-refractivity contribution in [2.45, 2.75) is 113 Å². The summed E-state index contributed by atoms with van der Waals surface area (Å²) in [5, 5.41) is 15.0. The van der Waals surface area contributed by atoms with E-state index in [4.69, 9.17) is 16.3 Å². The molecule has 0 bridgehead atoms. The standard InChI is InChI=1S/C30H52N8O6S/c1-30(14-6-9-20(10-7-15-30)44-29(43)35-16-5-4-11-21(31)26(40)38-32)27(41)34-18-8-17-33-24(39)13-3-2-12-23-25-22(19-45-23)36-28(42)37-25/h6,9,20-23,25H,2-5,7-8,10-19,31-32H2,1H3,(H,33,39)(H,34,41)(H,35,43)(H,38,40)(H2,36,37,42)/b9-6+. The van der Waals surface area contributed by atoms with Crippen LogP contribution in [0.5, 0.6) is 0 Å². The van der Waals surface area contributed by atoms with Gasteiger partial charge in [-0.05, 0) is 70.3 Å². The molecule has 0 aromatic heterocycles. The first-order valence-corrected chi connectivity index (χ1v) is 17.3. The van der Waals surface area contributed by atoms with Gasteiger partial charge in [0.1, 0.15) is 6.10 Å². The van der Waals surface area contributed by atoms with Crippen molar-refractivity contribution in [3.8, 4) is 0 Å². The lowest BCUT2D eigenvalue weighted by Gasteiger charge is -2.29. The second kappa shape index (κ2) is 18.8. The molecule has 0 spiro atoms. The molecule has 2 fully saturated rings. The molecule has 15 heteroatoms. The fourth-order valence-corrected chi connectivity index (χ4v) is 7.41. The summed E-state index contributed by atoms with van der Waals surface area (Å²) in [7, 11) is 0. The molecule has 6 amide bonds. The maximum Gasteiger partial charge on any atom is 0.407 e. The number of hydrogen-bond donors (Lipinski definition) is 8. The van der Waals surface area contributed by atoms with E-state index in [1.54, 1.807) is 0 Å². The summed E-state index contributed by atoms with van der Waals surface area (Å²) in [6.45, 7) is 3.36. The first kappa shape index (κ1) is 36.4. The summed E-state index contributed by atoms with van der Waals surface area (Å²) in [6.07, 6.45) is 11.1. The monoisotopic (exact) mass is 652 g/mol. The molecule has 0 aromatic rings. The summed E-state index contributed by atoms with van der Waals surface area (Å²) in [5.74, 6) is 5.60. The zero-order chi connectivity index (χ0) is 32.7. The number of amides is 6. The molecule has 45 heavy (non-hydrogen) atoms. The Morgan fingerprint density at radius 3 is 2.64 bits per heavy atom. The maximum absolute atomic E-state index is 13.0. The molecule has 0 aromatic carbocycles. The van der Waals surface area contributed by atoms with E-state index in [2.05, 4.69) is 26.6 Å². The van der Waals surface area contributed by atoms with Crippen molar-refractivity contribution in [2.75, 3.05) is 25.4 Å². The van der Waals surface area contributed by atoms with Crippen LogP contribution in [0, 0.1) is 5.41 Å². The van der Waals surface area contributed by atoms with Gasteiger partial charge in [0.2, 0.25) is 11.8 Å². The van der Waals surface area contributed by atoms with Gasteiger partial charge in [-0.2, -0.15) is 11.8 Å². The van der Waals surface area contributed by atoms with Crippen molar-refractivity contribution >= 4 is 41.6 Å². The van der Waals surface area contributed by atoms with Gasteiger partial charge in [0.25, 0.3) is 5.91 Å². The van der Waals surface area contributed by atoms with Crippen LogP contribution in [0.1, 0.15) is 84.0 Å². The number of fused-ring (bicyclic) bond motifs is 1. The summed E-state index contributed by atoms with van der Waals surface area (Å²) in [4.78, 5) is 60.2. The number of unbranched alkanes of at least 4 members (excludes halogenated alkanes) is 2. The Hall–Kier alpha value is -3.04. The van der Waals surface area contributed by atoms with Gasteiger partial charge in [-0.3, -0.25) is 19.8 Å². The molecule has 254 valence electrons. The number of thioether (sulfide) groups is 1. The normalized spacial score (nSPS) is 27.0. The average Bonchev–Trinajstić information content (AvgIpc) is 3.56. The minimum Gasteiger partial charge on any atom is -0.442 e. The van der Waals surface area contributed by atoms with Gasteiger partial charge in [-0.25, -0.2) is 15.4 Å². The lowest BCUT2D eigenvalue weighted by Crippen LogP contribution is -2.43. The summed E-state index contributed by atoms with van der Waals surface area (Å²) in [6, 6.07) is -0.316. The van der Waals surface area contributed by atoms with Gasteiger partial charge in [0.05, 0.1) is 18.1 Å². The van der Waals surface area contributed by atoms with Crippen LogP contribution in [0.25, 0.3) is 0 Å². The summed E-state index contributed by atoms with van der Waals surface area (Å²) < 4.78 is 5.53. The van der Waals surface area contributed by atoms with Crippen LogP contribution < -0.4 is 43.6 Å². The molecule has 2 heterocycles. The van der Waals surface area contributed by atoms with Crippen LogP contribution in [0.3, 0.4) is 0 Å². The molecule has 10 N–H and O–H groups in total. The zero-order valence-corrected chi connectivity index (χ0v) is 27.2. The number of rotatable bonds is 17. The van der Waals surface area contributed by atoms with Crippen LogP contribution >= 0.6 is 11.8 Å². The smallest absolute Gasteiger partial charge is 0.407 e. The van der Waals surface area contributed by atoms with Crippen molar-refractivity contribution in [3.63, 3.8) is 0 Å². The SMILES string of the molecule is CC1(C(=O)NCCCNC(=O)CCCCC2SCC3NC(=O)NC32)C/C=C/C(OC(=O)NCCCCC(N)C(=O)NN)CCC1. The van der Waals surface area contributed by atoms with Crippen molar-refractivity contribution in [2.24, 2.45) is 17.0 Å². The predicted octanol–water partition coefficient (Wildman–Crippen LogP) is 1.05. The highest BCUT2D eigenvalue weighted by Crippen LogP contribution is 2.33. The Bertz CT molecular complexity index is 1050. The van der Waals surface area contributed by atoms with Gasteiger partial charge in [-0.15, -0.1) is 0 Å². The van der Waals surface area contributed by atoms with Crippen molar-refractivity contribution in [1.29, 1.82) is 0 Å². The van der Waals surface area contributed by atoms with Crippen molar-refractivity contribution in [1.82, 2.24) is 32.0 Å². The molecule has 0 saturated carbocycles. The number of nitrogens with one attached hydrogen (secondary N) is 6. The number of carbonyl (C=O) groups is 5. The number of nitrogens with two attached hydrogens (primary N) is 2. The Balaban J connectivity index is 1.21. The fraction of sp³-hybridized carbons (Fsp3) is 0.767. The molecule has 3 aliphatic rings. The zero-order valence-electron chi connectivity index (χ0n) is 26.4. The third kappa shape index (κ3) is 12.3. The Kier molecular flexibility index (Phi) is 15.2. The van der Waals surface area contributed by atoms with E-state index in [1.807, 2.05) is 36.3 Å². The molecular weight excluding hydrogens is 600 g/mol. The molecule has 6 atom stereocenters. The second-order valence-corrected chi connectivity index (χ2v) is 13.7. The van der Waals surface area contributed by atoms with Crippen molar-refractivity contribution in [3.05, 3.63) is 12.2 Å². The lowest BCUT2D eigenvalue weighted by atomic mass is 9.79. The number of allylic oxidation sites excluding steroid dienone is 1. The van der Waals surface area contributed by atoms with E-state index < -0.39 is 23.5 Å². The summed E-state index contributed by atoms with van der Waals surface area (Å²) >= 11 is 1.89. The predicted molar refractivity (Wildman–Crippen MR) is 173 cm³/mol. The quantitative estimate of drug-likeness (QED) is 0.0281. The van der Waals surface area contributed by atoms with Gasteiger partial charge >= 0.3 is 12.1 Å². The van der Waals surface area contributed by atoms with Gasteiger partial charge in [0, 0.05) is 42.5 Å². The lowest BCUT2D eigenvalue weighted by molar-refractivity contribution is -0.130. The Morgan fingerprint density at radius 1 is 1.07 bits per heavy atom. The molecule has 14 nitrogen and oxygen atoms in total. The first-order valence-electron chi connectivity index (χ1n) is 16.2. The molecular formula is C30H52N8O6S. The Morgan fingerprint density at radius 2 is 1.84 bits per heavy atom. The van der Waals surface area contributed by atoms with Crippen LogP contribution in [-0.2, 0) is 19.1 Å². The van der Waals surface area contributed by atoms with E-state index in [9.17, 15) is 24.0 Å². The minimum absolute atomic E-state index is 0.0140. The molecule has 3 rings (SSSR count). The first-order chi connectivity index (χ1) is 21.6. The fourth-order valence-electron chi connectivity index (χ4n) is 5.87. The largest absolute Gasteiger partial charge is 0.442 e. The van der Waals surface area contributed by atoms with E-state index >= 15 is 0 Å². The highest BCUT2D eigenvalue weighted by molar-refractivity contribution is 8.00. The topological polar surface area (TPSA) is 219 Å². The maximum atomic E-state index is 13.0. The van der Waals surface area contributed by atoms with E-state index in [0.717, 1.165) is 31.4 Å². The number of urea groups is 1. The molecule has 2 saturated heterocycles. The minimum atomic E-state index is -0.665. The highest BCUT2D eigenvalue weighted by atomic mass is 32.2.